The molecule has 0 spiro atoms. The van der Waals surface area contributed by atoms with E-state index < -0.39 is 0 Å². The third-order valence-electron chi connectivity index (χ3n) is 3.06. The second kappa shape index (κ2) is 5.72. The Bertz CT molecular complexity index is 416. The molecule has 1 unspecified atom stereocenters. The van der Waals surface area contributed by atoms with Crippen molar-refractivity contribution in [3.05, 3.63) is 35.4 Å². The number of halogens is 1. The number of carbonyl (C=O) groups is 1. The number of benzene rings is 1. The highest BCUT2D eigenvalue weighted by Gasteiger charge is 2.27. The topological polar surface area (TPSA) is 23.6 Å². The van der Waals surface area contributed by atoms with Crippen LogP contribution < -0.4 is 0 Å². The number of rotatable bonds is 4. The third-order valence-corrected chi connectivity index (χ3v) is 3.35. The molecule has 98 valence electrons. The lowest BCUT2D eigenvalue weighted by Crippen LogP contribution is -2.24. The van der Waals surface area contributed by atoms with Gasteiger partial charge in [0.1, 0.15) is 0 Å². The molecule has 2 rings (SSSR count). The maximum Gasteiger partial charge on any atom is 0.224 e. The van der Waals surface area contributed by atoms with Crippen LogP contribution in [0.3, 0.4) is 0 Å². The summed E-state index contributed by atoms with van der Waals surface area (Å²) < 4.78 is 0. The molecule has 0 aliphatic carbocycles. The zero-order valence-corrected chi connectivity index (χ0v) is 11.7. The fourth-order valence-corrected chi connectivity index (χ4v) is 2.51. The van der Waals surface area contributed by atoms with Crippen molar-refractivity contribution < 1.29 is 4.79 Å². The van der Waals surface area contributed by atoms with Gasteiger partial charge in [-0.15, -0.1) is 11.6 Å². The van der Waals surface area contributed by atoms with Crippen LogP contribution >= 0.6 is 11.6 Å². The normalized spacial score (nSPS) is 19.9. The average molecular weight is 267 g/mol. The van der Waals surface area contributed by atoms with Crippen molar-refractivity contribution in [2.45, 2.75) is 24.9 Å². The Kier molecular flexibility index (Phi) is 4.25. The van der Waals surface area contributed by atoms with Crippen molar-refractivity contribution in [2.24, 2.45) is 0 Å². The van der Waals surface area contributed by atoms with E-state index in [1.807, 2.05) is 4.90 Å². The minimum atomic E-state index is -0.0227. The van der Waals surface area contributed by atoms with E-state index >= 15 is 0 Å². The van der Waals surface area contributed by atoms with E-state index in [4.69, 9.17) is 11.6 Å². The molecule has 0 bridgehead atoms. The van der Waals surface area contributed by atoms with Gasteiger partial charge in [0.2, 0.25) is 5.91 Å². The molecule has 1 heterocycles. The SMILES string of the molecule is CN(C)Cc1ccc(CN2CC(Cl)CC2=O)cc1. The quantitative estimate of drug-likeness (QED) is 0.779. The highest BCUT2D eigenvalue weighted by Crippen LogP contribution is 2.19. The lowest BCUT2D eigenvalue weighted by molar-refractivity contribution is -0.128. The van der Waals surface area contributed by atoms with Crippen LogP contribution in [-0.4, -0.2) is 41.7 Å². The van der Waals surface area contributed by atoms with Gasteiger partial charge in [-0.2, -0.15) is 0 Å². The van der Waals surface area contributed by atoms with E-state index in [2.05, 4.69) is 43.3 Å². The lowest BCUT2D eigenvalue weighted by Gasteiger charge is -2.16. The van der Waals surface area contributed by atoms with Gasteiger partial charge in [0, 0.05) is 26.1 Å². The van der Waals surface area contributed by atoms with Crippen molar-refractivity contribution in [1.29, 1.82) is 0 Å². The predicted octanol–water partition coefficient (Wildman–Crippen LogP) is 2.09. The first-order valence-electron chi connectivity index (χ1n) is 6.19. The molecule has 18 heavy (non-hydrogen) atoms. The van der Waals surface area contributed by atoms with Crippen LogP contribution in [0.4, 0.5) is 0 Å². The molecule has 0 radical (unpaired) electrons. The van der Waals surface area contributed by atoms with Gasteiger partial charge < -0.3 is 9.80 Å². The Morgan fingerprint density at radius 2 is 1.89 bits per heavy atom. The molecular formula is C14H19ClN2O. The van der Waals surface area contributed by atoms with Gasteiger partial charge in [0.25, 0.3) is 0 Å². The van der Waals surface area contributed by atoms with E-state index in [9.17, 15) is 4.79 Å². The number of nitrogens with zero attached hydrogens (tertiary/aromatic N) is 2. The molecule has 3 nitrogen and oxygen atoms in total. The van der Waals surface area contributed by atoms with Gasteiger partial charge in [-0.1, -0.05) is 24.3 Å². The number of alkyl halides is 1. The molecule has 1 amide bonds. The van der Waals surface area contributed by atoms with E-state index in [0.717, 1.165) is 12.1 Å². The second-order valence-electron chi connectivity index (χ2n) is 5.13. The summed E-state index contributed by atoms with van der Waals surface area (Å²) in [5.41, 5.74) is 2.45. The minimum Gasteiger partial charge on any atom is -0.337 e. The van der Waals surface area contributed by atoms with E-state index in [1.165, 1.54) is 5.56 Å². The molecule has 0 N–H and O–H groups in total. The molecule has 4 heteroatoms. The molecule has 1 atom stereocenters. The van der Waals surface area contributed by atoms with Crippen LogP contribution in [0.25, 0.3) is 0 Å². The van der Waals surface area contributed by atoms with Crippen LogP contribution in [-0.2, 0) is 17.9 Å². The van der Waals surface area contributed by atoms with Crippen LogP contribution in [0, 0.1) is 0 Å². The fraction of sp³-hybridized carbons (Fsp3) is 0.500. The Morgan fingerprint density at radius 3 is 2.39 bits per heavy atom. The largest absolute Gasteiger partial charge is 0.337 e. The lowest BCUT2D eigenvalue weighted by atomic mass is 10.1. The number of amides is 1. The maximum absolute atomic E-state index is 11.6. The number of hydrogen-bond donors (Lipinski definition) is 0. The first-order chi connectivity index (χ1) is 8.54. The van der Waals surface area contributed by atoms with Gasteiger partial charge in [-0.3, -0.25) is 4.79 Å². The van der Waals surface area contributed by atoms with Crippen LogP contribution in [0.2, 0.25) is 0 Å². The fourth-order valence-electron chi connectivity index (χ4n) is 2.21. The summed E-state index contributed by atoms with van der Waals surface area (Å²) >= 11 is 5.98. The number of hydrogen-bond acceptors (Lipinski definition) is 2. The van der Waals surface area contributed by atoms with Gasteiger partial charge in [0.15, 0.2) is 0 Å². The van der Waals surface area contributed by atoms with Crippen molar-refractivity contribution in [3.63, 3.8) is 0 Å². The highest BCUT2D eigenvalue weighted by molar-refractivity contribution is 6.22. The van der Waals surface area contributed by atoms with E-state index in [-0.39, 0.29) is 11.3 Å². The molecule has 1 saturated heterocycles. The molecule has 0 aromatic heterocycles. The molecule has 0 saturated carbocycles. The molecule has 1 fully saturated rings. The predicted molar refractivity (Wildman–Crippen MR) is 73.5 cm³/mol. The van der Waals surface area contributed by atoms with Crippen molar-refractivity contribution in [1.82, 2.24) is 9.80 Å². The van der Waals surface area contributed by atoms with Gasteiger partial charge in [-0.25, -0.2) is 0 Å². The Morgan fingerprint density at radius 1 is 1.28 bits per heavy atom. The monoisotopic (exact) mass is 266 g/mol. The Hall–Kier alpha value is -1.06. The summed E-state index contributed by atoms with van der Waals surface area (Å²) in [7, 11) is 4.11. The molecule has 1 aliphatic heterocycles. The molecular weight excluding hydrogens is 248 g/mol. The smallest absolute Gasteiger partial charge is 0.224 e. The average Bonchev–Trinajstić information content (AvgIpc) is 2.59. The Balaban J connectivity index is 1.96. The standard InChI is InChI=1S/C14H19ClN2O/c1-16(2)8-11-3-5-12(6-4-11)9-17-10-13(15)7-14(17)18/h3-6,13H,7-10H2,1-2H3. The van der Waals surface area contributed by atoms with E-state index in [1.54, 1.807) is 0 Å². The molecule has 1 aliphatic rings. The van der Waals surface area contributed by atoms with Gasteiger partial charge in [0.05, 0.1) is 5.38 Å². The number of likely N-dealkylation sites (tertiary alicyclic amines) is 1. The maximum atomic E-state index is 11.6. The zero-order chi connectivity index (χ0) is 13.1. The van der Waals surface area contributed by atoms with Gasteiger partial charge >= 0.3 is 0 Å². The van der Waals surface area contributed by atoms with Crippen LogP contribution in [0.5, 0.6) is 0 Å². The summed E-state index contributed by atoms with van der Waals surface area (Å²) in [6.45, 7) is 2.27. The first-order valence-corrected chi connectivity index (χ1v) is 6.62. The van der Waals surface area contributed by atoms with Crippen molar-refractivity contribution in [2.75, 3.05) is 20.6 Å². The van der Waals surface area contributed by atoms with Crippen LogP contribution in [0.1, 0.15) is 17.5 Å². The summed E-state index contributed by atoms with van der Waals surface area (Å²) in [6.07, 6.45) is 0.472. The highest BCUT2D eigenvalue weighted by atomic mass is 35.5. The summed E-state index contributed by atoms with van der Waals surface area (Å²) in [4.78, 5) is 15.6. The van der Waals surface area contributed by atoms with Crippen molar-refractivity contribution in [3.8, 4) is 0 Å². The zero-order valence-electron chi connectivity index (χ0n) is 10.9. The molecule has 1 aromatic rings. The van der Waals surface area contributed by atoms with E-state index in [0.29, 0.717) is 19.5 Å². The van der Waals surface area contributed by atoms with Crippen LogP contribution in [0.15, 0.2) is 24.3 Å². The summed E-state index contributed by atoms with van der Waals surface area (Å²) in [6, 6.07) is 8.42. The Labute approximate surface area is 113 Å². The number of carbonyl (C=O) groups excluding carboxylic acids is 1. The van der Waals surface area contributed by atoms with Gasteiger partial charge in [-0.05, 0) is 25.2 Å². The molecule has 1 aromatic carbocycles. The summed E-state index contributed by atoms with van der Waals surface area (Å²) in [5, 5.41) is -0.0227. The minimum absolute atomic E-state index is 0.0227. The third kappa shape index (κ3) is 3.47. The summed E-state index contributed by atoms with van der Waals surface area (Å²) in [5.74, 6) is 0.160. The second-order valence-corrected chi connectivity index (χ2v) is 5.75. The first kappa shape index (κ1) is 13.4. The van der Waals surface area contributed by atoms with Crippen molar-refractivity contribution >= 4 is 17.5 Å².